The van der Waals surface area contributed by atoms with Crippen LogP contribution in [0.5, 0.6) is 0 Å². The summed E-state index contributed by atoms with van der Waals surface area (Å²) >= 11 is 0. The minimum absolute atomic E-state index is 0.541. The molecule has 0 aromatic heterocycles. The molecule has 0 aliphatic rings. The second-order valence-corrected chi connectivity index (χ2v) is 5.14. The van der Waals surface area contributed by atoms with E-state index in [1.165, 1.54) is 12.1 Å². The Labute approximate surface area is 119 Å². The molecular formula is C15H23F2N3. The lowest BCUT2D eigenvalue weighted by molar-refractivity contribution is 0.573. The first-order valence-corrected chi connectivity index (χ1v) is 6.90. The maximum atomic E-state index is 13.0. The van der Waals surface area contributed by atoms with Gasteiger partial charge in [-0.2, -0.15) is 0 Å². The number of benzene rings is 1. The molecule has 0 spiro atoms. The molecule has 0 aliphatic heterocycles. The van der Waals surface area contributed by atoms with Crippen molar-refractivity contribution in [1.29, 1.82) is 0 Å². The van der Waals surface area contributed by atoms with E-state index in [9.17, 15) is 8.78 Å². The van der Waals surface area contributed by atoms with Crippen LogP contribution in [0.3, 0.4) is 0 Å². The Morgan fingerprint density at radius 2 is 1.70 bits per heavy atom. The van der Waals surface area contributed by atoms with Gasteiger partial charge in [-0.1, -0.05) is 13.8 Å². The van der Waals surface area contributed by atoms with E-state index in [1.54, 1.807) is 7.05 Å². The van der Waals surface area contributed by atoms with Crippen molar-refractivity contribution in [2.45, 2.75) is 26.7 Å². The lowest BCUT2D eigenvalue weighted by Gasteiger charge is -2.12. The Hall–Kier alpha value is -1.65. The van der Waals surface area contributed by atoms with Crippen LogP contribution in [0.4, 0.5) is 8.78 Å². The minimum Gasteiger partial charge on any atom is -0.356 e. The van der Waals surface area contributed by atoms with E-state index < -0.39 is 11.6 Å². The van der Waals surface area contributed by atoms with Gasteiger partial charge in [0.25, 0.3) is 0 Å². The summed E-state index contributed by atoms with van der Waals surface area (Å²) in [6.45, 7) is 5.75. The highest BCUT2D eigenvalue weighted by molar-refractivity contribution is 5.79. The van der Waals surface area contributed by atoms with Crippen LogP contribution in [0, 0.1) is 17.6 Å². The van der Waals surface area contributed by atoms with Crippen molar-refractivity contribution in [2.75, 3.05) is 20.1 Å². The quantitative estimate of drug-likeness (QED) is 0.622. The molecule has 20 heavy (non-hydrogen) atoms. The van der Waals surface area contributed by atoms with Gasteiger partial charge in [-0.25, -0.2) is 8.78 Å². The van der Waals surface area contributed by atoms with Crippen LogP contribution in [0.1, 0.15) is 25.8 Å². The zero-order chi connectivity index (χ0) is 15.0. The van der Waals surface area contributed by atoms with E-state index in [1.807, 2.05) is 0 Å². The summed E-state index contributed by atoms with van der Waals surface area (Å²) < 4.78 is 26.1. The van der Waals surface area contributed by atoms with Gasteiger partial charge in [-0.15, -0.1) is 0 Å². The lowest BCUT2D eigenvalue weighted by Crippen LogP contribution is -2.39. The third kappa shape index (κ3) is 6.50. The SMILES string of the molecule is CN=C(NCCc1cc(F)cc(F)c1)NCCC(C)C. The third-order valence-electron chi connectivity index (χ3n) is 2.87. The van der Waals surface area contributed by atoms with Crippen molar-refractivity contribution in [3.05, 3.63) is 35.4 Å². The molecule has 0 unspecified atom stereocenters. The molecule has 1 rings (SSSR count). The molecule has 1 aromatic carbocycles. The normalized spacial score (nSPS) is 11.8. The smallest absolute Gasteiger partial charge is 0.190 e. The average molecular weight is 283 g/mol. The molecule has 0 aliphatic carbocycles. The van der Waals surface area contributed by atoms with Gasteiger partial charge in [0.05, 0.1) is 0 Å². The summed E-state index contributed by atoms with van der Waals surface area (Å²) in [6, 6.07) is 3.57. The summed E-state index contributed by atoms with van der Waals surface area (Å²) in [5, 5.41) is 6.33. The van der Waals surface area contributed by atoms with Gasteiger partial charge in [0.15, 0.2) is 5.96 Å². The van der Waals surface area contributed by atoms with Gasteiger partial charge in [0.1, 0.15) is 11.6 Å². The van der Waals surface area contributed by atoms with Gasteiger partial charge in [0, 0.05) is 26.2 Å². The maximum absolute atomic E-state index is 13.0. The van der Waals surface area contributed by atoms with Crippen LogP contribution >= 0.6 is 0 Å². The molecule has 3 nitrogen and oxygen atoms in total. The van der Waals surface area contributed by atoms with E-state index in [0.29, 0.717) is 30.4 Å². The van der Waals surface area contributed by atoms with E-state index in [4.69, 9.17) is 0 Å². The van der Waals surface area contributed by atoms with Crippen molar-refractivity contribution in [3.63, 3.8) is 0 Å². The van der Waals surface area contributed by atoms with Crippen molar-refractivity contribution in [2.24, 2.45) is 10.9 Å². The highest BCUT2D eigenvalue weighted by Gasteiger charge is 2.02. The fourth-order valence-electron chi connectivity index (χ4n) is 1.78. The Balaban J connectivity index is 2.34. The molecular weight excluding hydrogens is 260 g/mol. The topological polar surface area (TPSA) is 36.4 Å². The van der Waals surface area contributed by atoms with Crippen LogP contribution in [0.2, 0.25) is 0 Å². The monoisotopic (exact) mass is 283 g/mol. The van der Waals surface area contributed by atoms with Crippen LogP contribution in [0.15, 0.2) is 23.2 Å². The second-order valence-electron chi connectivity index (χ2n) is 5.14. The van der Waals surface area contributed by atoms with Crippen molar-refractivity contribution >= 4 is 5.96 Å². The molecule has 0 radical (unpaired) electrons. The van der Waals surface area contributed by atoms with Crippen LogP contribution < -0.4 is 10.6 Å². The first-order valence-electron chi connectivity index (χ1n) is 6.90. The van der Waals surface area contributed by atoms with Gasteiger partial charge in [-0.3, -0.25) is 4.99 Å². The number of guanidine groups is 1. The van der Waals surface area contributed by atoms with Crippen molar-refractivity contribution in [3.8, 4) is 0 Å². The molecule has 0 heterocycles. The molecule has 0 saturated heterocycles. The van der Waals surface area contributed by atoms with Crippen LogP contribution in [0.25, 0.3) is 0 Å². The van der Waals surface area contributed by atoms with E-state index in [0.717, 1.165) is 19.0 Å². The molecule has 0 bridgehead atoms. The predicted octanol–water partition coefficient (Wildman–Crippen LogP) is 2.72. The Kier molecular flexibility index (Phi) is 6.98. The molecule has 1 aromatic rings. The zero-order valence-electron chi connectivity index (χ0n) is 12.3. The first kappa shape index (κ1) is 16.4. The summed E-state index contributed by atoms with van der Waals surface area (Å²) in [7, 11) is 1.70. The first-order chi connectivity index (χ1) is 9.51. The van der Waals surface area contributed by atoms with Crippen LogP contribution in [-0.4, -0.2) is 26.1 Å². The van der Waals surface area contributed by atoms with E-state index >= 15 is 0 Å². The van der Waals surface area contributed by atoms with Crippen LogP contribution in [-0.2, 0) is 6.42 Å². The van der Waals surface area contributed by atoms with Gasteiger partial charge in [-0.05, 0) is 36.5 Å². The molecule has 0 saturated carbocycles. The molecule has 2 N–H and O–H groups in total. The molecule has 112 valence electrons. The number of hydrogen-bond donors (Lipinski definition) is 2. The summed E-state index contributed by atoms with van der Waals surface area (Å²) in [4.78, 5) is 4.10. The summed E-state index contributed by atoms with van der Waals surface area (Å²) in [6.07, 6.45) is 1.61. The second kappa shape index (κ2) is 8.51. The number of aliphatic imine (C=N–C) groups is 1. The Bertz CT molecular complexity index is 424. The van der Waals surface area contributed by atoms with E-state index in [2.05, 4.69) is 29.5 Å². The zero-order valence-corrected chi connectivity index (χ0v) is 12.3. The molecule has 0 atom stereocenters. The summed E-state index contributed by atoms with van der Waals surface area (Å²) in [5.74, 6) is 0.261. The Morgan fingerprint density at radius 1 is 1.10 bits per heavy atom. The third-order valence-corrected chi connectivity index (χ3v) is 2.87. The molecule has 5 heteroatoms. The number of halogens is 2. The van der Waals surface area contributed by atoms with Crippen molar-refractivity contribution in [1.82, 2.24) is 10.6 Å². The average Bonchev–Trinajstić information content (AvgIpc) is 2.35. The predicted molar refractivity (Wildman–Crippen MR) is 78.9 cm³/mol. The Morgan fingerprint density at radius 3 is 2.25 bits per heavy atom. The number of nitrogens with one attached hydrogen (secondary N) is 2. The fourth-order valence-corrected chi connectivity index (χ4v) is 1.78. The van der Waals surface area contributed by atoms with Crippen molar-refractivity contribution < 1.29 is 8.78 Å². The lowest BCUT2D eigenvalue weighted by atomic mass is 10.1. The fraction of sp³-hybridized carbons (Fsp3) is 0.533. The molecule has 0 fully saturated rings. The minimum atomic E-state index is -0.542. The number of hydrogen-bond acceptors (Lipinski definition) is 1. The number of rotatable bonds is 6. The highest BCUT2D eigenvalue weighted by atomic mass is 19.1. The molecule has 0 amide bonds. The largest absolute Gasteiger partial charge is 0.356 e. The van der Waals surface area contributed by atoms with Gasteiger partial charge >= 0.3 is 0 Å². The standard InChI is InChI=1S/C15H23F2N3/c1-11(2)4-6-19-15(18-3)20-7-5-12-8-13(16)10-14(17)9-12/h8-11H,4-7H2,1-3H3,(H2,18,19,20). The summed E-state index contributed by atoms with van der Waals surface area (Å²) in [5.41, 5.74) is 0.632. The van der Waals surface area contributed by atoms with Gasteiger partial charge in [0.2, 0.25) is 0 Å². The highest BCUT2D eigenvalue weighted by Crippen LogP contribution is 2.08. The van der Waals surface area contributed by atoms with E-state index in [-0.39, 0.29) is 0 Å². The number of nitrogens with zero attached hydrogens (tertiary/aromatic N) is 1. The maximum Gasteiger partial charge on any atom is 0.190 e. The van der Waals surface area contributed by atoms with Gasteiger partial charge < -0.3 is 10.6 Å².